The second-order valence-corrected chi connectivity index (χ2v) is 7.98. The van der Waals surface area contributed by atoms with E-state index in [2.05, 4.69) is 32.0 Å². The van der Waals surface area contributed by atoms with Crippen LogP contribution in [0.2, 0.25) is 0 Å². The van der Waals surface area contributed by atoms with Crippen LogP contribution < -0.4 is 10.2 Å². The summed E-state index contributed by atoms with van der Waals surface area (Å²) in [6, 6.07) is 3.88. The predicted octanol–water partition coefficient (Wildman–Crippen LogP) is 2.99. The van der Waals surface area contributed by atoms with Crippen LogP contribution in [0.25, 0.3) is 11.1 Å². The largest absolute Gasteiger partial charge is 0.468 e. The van der Waals surface area contributed by atoms with E-state index < -0.39 is 0 Å². The maximum absolute atomic E-state index is 13.2. The molecular weight excluding hydrogens is 410 g/mol. The van der Waals surface area contributed by atoms with E-state index in [9.17, 15) is 4.79 Å². The van der Waals surface area contributed by atoms with Crippen LogP contribution in [-0.2, 0) is 11.3 Å². The van der Waals surface area contributed by atoms with Crippen LogP contribution in [0, 0.1) is 6.92 Å². The van der Waals surface area contributed by atoms with Crippen molar-refractivity contribution >= 4 is 22.8 Å². The molecule has 0 radical (unpaired) electrons. The topological polar surface area (TPSA) is 96.9 Å². The molecule has 1 aliphatic rings. The Balaban J connectivity index is 1.46. The van der Waals surface area contributed by atoms with Gasteiger partial charge in [0.25, 0.3) is 5.91 Å². The molecule has 4 heterocycles. The van der Waals surface area contributed by atoms with Crippen LogP contribution >= 0.6 is 0 Å². The van der Waals surface area contributed by atoms with E-state index >= 15 is 0 Å². The molecule has 1 saturated heterocycles. The molecule has 9 nitrogen and oxygen atoms in total. The summed E-state index contributed by atoms with van der Waals surface area (Å²) in [5.41, 5.74) is 0.944. The van der Waals surface area contributed by atoms with Gasteiger partial charge in [0.15, 0.2) is 0 Å². The quantitative estimate of drug-likeness (QED) is 0.513. The van der Waals surface area contributed by atoms with Crippen molar-refractivity contribution in [2.45, 2.75) is 33.2 Å². The summed E-state index contributed by atoms with van der Waals surface area (Å²) in [6.45, 7) is 9.61. The molecule has 0 spiro atoms. The van der Waals surface area contributed by atoms with Gasteiger partial charge in [-0.2, -0.15) is 0 Å². The first kappa shape index (κ1) is 22.3. The van der Waals surface area contributed by atoms with E-state index in [4.69, 9.17) is 13.6 Å². The van der Waals surface area contributed by atoms with Crippen LogP contribution in [0.15, 0.2) is 33.6 Å². The van der Waals surface area contributed by atoms with E-state index in [0.717, 1.165) is 57.1 Å². The number of hydrogen-bond acceptors (Lipinski definition) is 8. The summed E-state index contributed by atoms with van der Waals surface area (Å²) in [6.07, 6.45) is 5.39. The fraction of sp³-hybridized carbons (Fsp3) is 0.522. The highest BCUT2D eigenvalue weighted by Crippen LogP contribution is 2.31. The van der Waals surface area contributed by atoms with E-state index in [-0.39, 0.29) is 5.91 Å². The molecule has 172 valence electrons. The molecule has 0 atom stereocenters. The third kappa shape index (κ3) is 5.11. The van der Waals surface area contributed by atoms with E-state index in [0.29, 0.717) is 42.2 Å². The Labute approximate surface area is 187 Å². The molecule has 4 rings (SSSR count). The molecule has 0 bridgehead atoms. The minimum absolute atomic E-state index is 0.168. The molecule has 9 heteroatoms. The van der Waals surface area contributed by atoms with Gasteiger partial charge in [0.2, 0.25) is 5.71 Å². The second-order valence-electron chi connectivity index (χ2n) is 7.98. The monoisotopic (exact) mass is 441 g/mol. The normalized spacial score (nSPS) is 14.4. The number of unbranched alkanes of at least 4 members (excludes halogenated alkanes) is 1. The third-order valence-electron chi connectivity index (χ3n) is 5.68. The first-order chi connectivity index (χ1) is 15.7. The molecule has 1 aliphatic heterocycles. The van der Waals surface area contributed by atoms with Gasteiger partial charge in [0.05, 0.1) is 37.0 Å². The fourth-order valence-electron chi connectivity index (χ4n) is 4.01. The van der Waals surface area contributed by atoms with E-state index in [1.54, 1.807) is 13.2 Å². The Bertz CT molecular complexity index is 1010. The number of ether oxygens (including phenoxy) is 1. The number of nitrogens with zero attached hydrogens (tertiary/aromatic N) is 4. The maximum Gasteiger partial charge on any atom is 0.255 e. The van der Waals surface area contributed by atoms with Crippen molar-refractivity contribution in [3.8, 4) is 0 Å². The fourth-order valence-corrected chi connectivity index (χ4v) is 4.01. The number of anilines is 1. The van der Waals surface area contributed by atoms with Gasteiger partial charge in [-0.25, -0.2) is 9.97 Å². The zero-order valence-electron chi connectivity index (χ0n) is 18.8. The van der Waals surface area contributed by atoms with Gasteiger partial charge in [-0.05, 0) is 32.0 Å². The summed E-state index contributed by atoms with van der Waals surface area (Å²) >= 11 is 0. The highest BCUT2D eigenvalue weighted by molar-refractivity contribution is 6.10. The number of hydrogen-bond donors (Lipinski definition) is 1. The molecule has 0 saturated carbocycles. The average molecular weight is 442 g/mol. The van der Waals surface area contributed by atoms with Gasteiger partial charge in [0, 0.05) is 26.2 Å². The number of morpholine rings is 1. The van der Waals surface area contributed by atoms with E-state index in [1.807, 2.05) is 12.1 Å². The van der Waals surface area contributed by atoms with Gasteiger partial charge in [0.1, 0.15) is 23.7 Å². The zero-order valence-corrected chi connectivity index (χ0v) is 18.8. The second kappa shape index (κ2) is 10.6. The average Bonchev–Trinajstić information content (AvgIpc) is 3.44. The van der Waals surface area contributed by atoms with E-state index in [1.165, 1.54) is 6.33 Å². The lowest BCUT2D eigenvalue weighted by atomic mass is 10.1. The summed E-state index contributed by atoms with van der Waals surface area (Å²) < 4.78 is 16.8. The first-order valence-electron chi connectivity index (χ1n) is 11.3. The van der Waals surface area contributed by atoms with Crippen molar-refractivity contribution in [3.05, 3.63) is 41.8 Å². The Morgan fingerprint density at radius 1 is 1.25 bits per heavy atom. The van der Waals surface area contributed by atoms with Gasteiger partial charge < -0.3 is 23.8 Å². The molecule has 0 unspecified atom stereocenters. The lowest BCUT2D eigenvalue weighted by molar-refractivity contribution is 0.0947. The summed E-state index contributed by atoms with van der Waals surface area (Å²) in [5.74, 6) is 2.03. The van der Waals surface area contributed by atoms with Crippen molar-refractivity contribution in [1.29, 1.82) is 0 Å². The molecule has 3 aromatic rings. The molecule has 1 N–H and O–H groups in total. The molecule has 3 aromatic heterocycles. The van der Waals surface area contributed by atoms with Gasteiger partial charge in [-0.1, -0.05) is 13.3 Å². The smallest absolute Gasteiger partial charge is 0.255 e. The Morgan fingerprint density at radius 2 is 2.09 bits per heavy atom. The Kier molecular flexibility index (Phi) is 7.39. The summed E-state index contributed by atoms with van der Waals surface area (Å²) in [4.78, 5) is 26.3. The van der Waals surface area contributed by atoms with Crippen molar-refractivity contribution < 1.29 is 18.4 Å². The van der Waals surface area contributed by atoms with Crippen molar-refractivity contribution in [1.82, 2.24) is 20.2 Å². The summed E-state index contributed by atoms with van der Waals surface area (Å²) in [5, 5.41) is 3.73. The predicted molar refractivity (Wildman–Crippen MR) is 121 cm³/mol. The molecule has 32 heavy (non-hydrogen) atoms. The number of carbonyl (C=O) groups is 1. The third-order valence-corrected chi connectivity index (χ3v) is 5.68. The number of furan rings is 2. The highest BCUT2D eigenvalue weighted by Gasteiger charge is 2.26. The molecule has 0 aromatic carbocycles. The lowest BCUT2D eigenvalue weighted by Crippen LogP contribution is -2.37. The summed E-state index contributed by atoms with van der Waals surface area (Å²) in [7, 11) is 0. The number of nitrogens with one attached hydrogen (secondary N) is 1. The molecule has 1 fully saturated rings. The van der Waals surface area contributed by atoms with Gasteiger partial charge in [-0.3, -0.25) is 9.69 Å². The number of carbonyl (C=O) groups excluding carboxylic acids is 1. The SMILES string of the molecule is CCCCN(CCNC(=O)c1c(C)oc2ncnc(N3CCOCC3)c12)Cc1ccco1. The van der Waals surface area contributed by atoms with Gasteiger partial charge >= 0.3 is 0 Å². The zero-order chi connectivity index (χ0) is 22.3. The van der Waals surface area contributed by atoms with Crippen molar-refractivity contribution in [2.24, 2.45) is 0 Å². The van der Waals surface area contributed by atoms with Crippen molar-refractivity contribution in [3.63, 3.8) is 0 Å². The number of fused-ring (bicyclic) bond motifs is 1. The Morgan fingerprint density at radius 3 is 2.84 bits per heavy atom. The van der Waals surface area contributed by atoms with Crippen molar-refractivity contribution in [2.75, 3.05) is 50.8 Å². The highest BCUT2D eigenvalue weighted by atomic mass is 16.5. The molecule has 0 aliphatic carbocycles. The minimum atomic E-state index is -0.168. The number of amides is 1. The first-order valence-corrected chi connectivity index (χ1v) is 11.3. The number of aromatic nitrogens is 2. The lowest BCUT2D eigenvalue weighted by Gasteiger charge is -2.28. The van der Waals surface area contributed by atoms with Crippen LogP contribution in [-0.4, -0.2) is 66.7 Å². The van der Waals surface area contributed by atoms with Crippen LogP contribution in [0.3, 0.4) is 0 Å². The maximum atomic E-state index is 13.2. The number of rotatable bonds is 10. The number of aryl methyl sites for hydroxylation is 1. The minimum Gasteiger partial charge on any atom is -0.468 e. The van der Waals surface area contributed by atoms with Crippen LogP contribution in [0.5, 0.6) is 0 Å². The van der Waals surface area contributed by atoms with Crippen LogP contribution in [0.1, 0.15) is 41.6 Å². The Hall–Kier alpha value is -2.91. The van der Waals surface area contributed by atoms with Crippen LogP contribution in [0.4, 0.5) is 5.82 Å². The van der Waals surface area contributed by atoms with Gasteiger partial charge in [-0.15, -0.1) is 0 Å². The standard InChI is InChI=1S/C23H31N5O4/c1-3-4-8-27(15-18-6-5-12-31-18)9-7-24-22(29)19-17(2)32-23-20(19)21(25-16-26-23)28-10-13-30-14-11-28/h5-6,12,16H,3-4,7-11,13-15H2,1-2H3,(H,24,29). The molecular formula is C23H31N5O4. The molecule has 1 amide bonds.